The SMILES string of the molecule is CC(CCN=C(N)Nc1ccc2c(c1)CCC2)N(C)C(=O)OC(C)(C)C.I. The highest BCUT2D eigenvalue weighted by molar-refractivity contribution is 14.0. The Morgan fingerprint density at radius 2 is 2.00 bits per heavy atom. The minimum Gasteiger partial charge on any atom is -0.444 e. The molecule has 1 aliphatic carbocycles. The van der Waals surface area contributed by atoms with E-state index in [2.05, 4.69) is 22.4 Å². The van der Waals surface area contributed by atoms with Gasteiger partial charge >= 0.3 is 6.09 Å². The number of anilines is 1. The molecular weight excluding hydrogens is 455 g/mol. The Kier molecular flexibility index (Phi) is 8.84. The summed E-state index contributed by atoms with van der Waals surface area (Å²) < 4.78 is 5.38. The third-order valence-electron chi connectivity index (χ3n) is 4.54. The number of rotatable bonds is 5. The number of nitrogens with two attached hydrogens (primary N) is 1. The molecule has 7 heteroatoms. The van der Waals surface area contributed by atoms with Crippen molar-refractivity contribution < 1.29 is 9.53 Å². The topological polar surface area (TPSA) is 80.0 Å². The first-order valence-corrected chi connectivity index (χ1v) is 9.30. The van der Waals surface area contributed by atoms with Gasteiger partial charge < -0.3 is 20.7 Å². The molecular formula is C20H33IN4O2. The van der Waals surface area contributed by atoms with Crippen LogP contribution >= 0.6 is 24.0 Å². The summed E-state index contributed by atoms with van der Waals surface area (Å²) in [5, 5.41) is 3.15. The molecule has 2 rings (SSSR count). The largest absolute Gasteiger partial charge is 0.444 e. The van der Waals surface area contributed by atoms with Crippen LogP contribution in [0.2, 0.25) is 0 Å². The van der Waals surface area contributed by atoms with E-state index >= 15 is 0 Å². The number of carbonyl (C=O) groups excluding carboxylic acids is 1. The zero-order valence-corrected chi connectivity index (χ0v) is 19.4. The van der Waals surface area contributed by atoms with Gasteiger partial charge in [-0.15, -0.1) is 24.0 Å². The molecule has 3 N–H and O–H groups in total. The number of hydrogen-bond donors (Lipinski definition) is 2. The summed E-state index contributed by atoms with van der Waals surface area (Å²) in [7, 11) is 1.74. The summed E-state index contributed by atoms with van der Waals surface area (Å²) >= 11 is 0. The fourth-order valence-corrected chi connectivity index (χ4v) is 2.92. The van der Waals surface area contributed by atoms with Crippen molar-refractivity contribution in [3.63, 3.8) is 0 Å². The van der Waals surface area contributed by atoms with Gasteiger partial charge in [-0.1, -0.05) is 6.07 Å². The molecule has 1 aromatic rings. The fourth-order valence-electron chi connectivity index (χ4n) is 2.92. The number of benzene rings is 1. The van der Waals surface area contributed by atoms with Gasteiger partial charge in [0.15, 0.2) is 5.96 Å². The van der Waals surface area contributed by atoms with E-state index in [1.54, 1.807) is 11.9 Å². The lowest BCUT2D eigenvalue weighted by Crippen LogP contribution is -2.39. The number of aliphatic imine (C=N–C) groups is 1. The Morgan fingerprint density at radius 3 is 2.67 bits per heavy atom. The lowest BCUT2D eigenvalue weighted by Gasteiger charge is -2.28. The molecule has 0 aromatic heterocycles. The zero-order valence-electron chi connectivity index (χ0n) is 17.0. The lowest BCUT2D eigenvalue weighted by atomic mass is 10.1. The zero-order chi connectivity index (χ0) is 19.3. The second-order valence-electron chi connectivity index (χ2n) is 7.96. The van der Waals surface area contributed by atoms with Gasteiger partial charge in [0.25, 0.3) is 0 Å². The van der Waals surface area contributed by atoms with Crippen molar-refractivity contribution >= 4 is 41.7 Å². The van der Waals surface area contributed by atoms with Crippen molar-refractivity contribution in [3.05, 3.63) is 29.3 Å². The van der Waals surface area contributed by atoms with E-state index in [-0.39, 0.29) is 36.1 Å². The molecule has 0 heterocycles. The average molecular weight is 488 g/mol. The van der Waals surface area contributed by atoms with E-state index in [1.807, 2.05) is 33.8 Å². The molecule has 0 fully saturated rings. The molecule has 27 heavy (non-hydrogen) atoms. The van der Waals surface area contributed by atoms with Crippen LogP contribution in [0.25, 0.3) is 0 Å². The molecule has 1 aliphatic rings. The van der Waals surface area contributed by atoms with Crippen LogP contribution in [0.3, 0.4) is 0 Å². The maximum absolute atomic E-state index is 12.1. The molecule has 1 amide bonds. The van der Waals surface area contributed by atoms with E-state index in [1.165, 1.54) is 24.0 Å². The quantitative estimate of drug-likeness (QED) is 0.371. The third-order valence-corrected chi connectivity index (χ3v) is 4.54. The summed E-state index contributed by atoms with van der Waals surface area (Å²) in [6.07, 6.45) is 3.92. The molecule has 1 aromatic carbocycles. The normalized spacial score (nSPS) is 14.8. The fraction of sp³-hybridized carbons (Fsp3) is 0.600. The van der Waals surface area contributed by atoms with Crippen LogP contribution in [-0.2, 0) is 17.6 Å². The highest BCUT2D eigenvalue weighted by atomic mass is 127. The van der Waals surface area contributed by atoms with Gasteiger partial charge in [-0.05, 0) is 76.6 Å². The van der Waals surface area contributed by atoms with Gasteiger partial charge in [0.1, 0.15) is 5.60 Å². The Hall–Kier alpha value is -1.51. The van der Waals surface area contributed by atoms with Gasteiger partial charge in [0, 0.05) is 25.3 Å². The molecule has 0 spiro atoms. The van der Waals surface area contributed by atoms with Gasteiger partial charge in [0.2, 0.25) is 0 Å². The van der Waals surface area contributed by atoms with E-state index in [0.717, 1.165) is 12.1 Å². The molecule has 0 saturated heterocycles. The number of fused-ring (bicyclic) bond motifs is 1. The van der Waals surface area contributed by atoms with E-state index in [9.17, 15) is 4.79 Å². The van der Waals surface area contributed by atoms with Crippen molar-refractivity contribution in [2.75, 3.05) is 18.9 Å². The Bertz CT molecular complexity index is 670. The maximum Gasteiger partial charge on any atom is 0.410 e. The van der Waals surface area contributed by atoms with Gasteiger partial charge in [-0.3, -0.25) is 4.99 Å². The Balaban J connectivity index is 0.00000364. The minimum atomic E-state index is -0.493. The van der Waals surface area contributed by atoms with Crippen molar-refractivity contribution in [3.8, 4) is 0 Å². The number of nitrogens with zero attached hydrogens (tertiary/aromatic N) is 2. The third kappa shape index (κ3) is 7.56. The summed E-state index contributed by atoms with van der Waals surface area (Å²) in [4.78, 5) is 18.0. The van der Waals surface area contributed by atoms with Crippen LogP contribution in [0.4, 0.5) is 10.5 Å². The first-order valence-electron chi connectivity index (χ1n) is 9.30. The predicted octanol–water partition coefficient (Wildman–Crippen LogP) is 4.17. The molecule has 0 bridgehead atoms. The van der Waals surface area contributed by atoms with Gasteiger partial charge in [0.05, 0.1) is 0 Å². The van der Waals surface area contributed by atoms with Crippen LogP contribution in [0.1, 0.15) is 51.7 Å². The number of hydrogen-bond acceptors (Lipinski definition) is 3. The summed E-state index contributed by atoms with van der Waals surface area (Å²) in [5.41, 5.74) is 9.31. The Morgan fingerprint density at radius 1 is 1.33 bits per heavy atom. The molecule has 1 atom stereocenters. The Labute approximate surface area is 179 Å². The number of aryl methyl sites for hydroxylation is 2. The molecule has 1 unspecified atom stereocenters. The second-order valence-corrected chi connectivity index (χ2v) is 7.96. The predicted molar refractivity (Wildman–Crippen MR) is 122 cm³/mol. The number of halogens is 1. The smallest absolute Gasteiger partial charge is 0.410 e. The maximum atomic E-state index is 12.1. The summed E-state index contributed by atoms with van der Waals surface area (Å²) in [6, 6.07) is 6.38. The van der Waals surface area contributed by atoms with E-state index in [4.69, 9.17) is 10.5 Å². The number of guanidine groups is 1. The van der Waals surface area contributed by atoms with Gasteiger partial charge in [-0.25, -0.2) is 4.79 Å². The summed E-state index contributed by atoms with van der Waals surface area (Å²) in [6.45, 7) is 8.10. The van der Waals surface area contributed by atoms with Crippen molar-refractivity contribution in [1.82, 2.24) is 4.90 Å². The number of ether oxygens (including phenoxy) is 1. The standard InChI is InChI=1S/C20H32N4O2.HI/c1-14(24(5)19(25)26-20(2,3)4)11-12-22-18(21)23-17-10-9-15-7-6-8-16(15)13-17;/h9-10,13-14H,6-8,11-12H2,1-5H3,(H3,21,22,23);1H. The van der Waals surface area contributed by atoms with Crippen molar-refractivity contribution in [2.24, 2.45) is 10.7 Å². The van der Waals surface area contributed by atoms with Gasteiger partial charge in [-0.2, -0.15) is 0 Å². The van der Waals surface area contributed by atoms with Crippen molar-refractivity contribution in [1.29, 1.82) is 0 Å². The molecule has 6 nitrogen and oxygen atoms in total. The number of carbonyl (C=O) groups is 1. The highest BCUT2D eigenvalue weighted by Crippen LogP contribution is 2.24. The first-order chi connectivity index (χ1) is 12.2. The lowest BCUT2D eigenvalue weighted by molar-refractivity contribution is 0.0231. The van der Waals surface area contributed by atoms with E-state index in [0.29, 0.717) is 18.9 Å². The monoisotopic (exact) mass is 488 g/mol. The van der Waals surface area contributed by atoms with Crippen LogP contribution < -0.4 is 11.1 Å². The summed E-state index contributed by atoms with van der Waals surface area (Å²) in [5.74, 6) is 0.398. The minimum absolute atomic E-state index is 0. The van der Waals surface area contributed by atoms with E-state index < -0.39 is 5.60 Å². The second kappa shape index (κ2) is 10.1. The molecule has 0 saturated carbocycles. The number of nitrogens with one attached hydrogen (secondary N) is 1. The average Bonchev–Trinajstić information content (AvgIpc) is 3.00. The van der Waals surface area contributed by atoms with Crippen LogP contribution in [0.5, 0.6) is 0 Å². The van der Waals surface area contributed by atoms with Crippen molar-refractivity contribution in [2.45, 2.75) is 65.0 Å². The first kappa shape index (κ1) is 23.5. The van der Waals surface area contributed by atoms with Crippen LogP contribution in [-0.4, -0.2) is 42.2 Å². The number of amides is 1. The molecule has 152 valence electrons. The van der Waals surface area contributed by atoms with Crippen LogP contribution in [0, 0.1) is 0 Å². The highest BCUT2D eigenvalue weighted by Gasteiger charge is 2.22. The molecule has 0 radical (unpaired) electrons. The molecule has 0 aliphatic heterocycles. The van der Waals surface area contributed by atoms with Crippen LogP contribution in [0.15, 0.2) is 23.2 Å².